The first-order valence-electron chi connectivity index (χ1n) is 30.9. The molecule has 0 saturated carbocycles. The number of allylic oxidation sites excluding steroid dienone is 4. The fourth-order valence-electron chi connectivity index (χ4n) is 9.32. The maximum absolute atomic E-state index is 12.9. The van der Waals surface area contributed by atoms with Crippen molar-refractivity contribution in [1.29, 1.82) is 0 Å². The third-order valence-corrected chi connectivity index (χ3v) is 14.0. The summed E-state index contributed by atoms with van der Waals surface area (Å²) < 4.78 is 16.9. The molecule has 69 heavy (non-hydrogen) atoms. The molecule has 0 bridgehead atoms. The standard InChI is InChI=1S/C63H118O6/c1-4-7-10-13-16-19-22-25-28-30-31-33-35-38-41-44-47-50-53-56-62(65)68-59-60(58-67-61(64)55-52-49-46-43-40-37-34-27-24-21-18-15-12-9-6-3)69-63(66)57-54-51-48-45-42-39-36-32-29-26-23-20-17-14-11-8-5-2/h18,21,24,27,60H,4-17,19-20,22-23,25-26,28-59H2,1-3H3/b21-18-,27-24-. The summed E-state index contributed by atoms with van der Waals surface area (Å²) in [4.78, 5) is 38.2. The first-order valence-corrected chi connectivity index (χ1v) is 30.9. The van der Waals surface area contributed by atoms with Crippen molar-refractivity contribution >= 4 is 17.9 Å². The number of carbonyl (C=O) groups excluding carboxylic acids is 3. The molecule has 1 atom stereocenters. The van der Waals surface area contributed by atoms with Gasteiger partial charge in [0.2, 0.25) is 0 Å². The average Bonchev–Trinajstić information content (AvgIpc) is 3.35. The SMILES string of the molecule is CCCCC/C=C\C=C/CCCCCCCCC(=O)OCC(COC(=O)CCCCCCCCCCCCCCCCCCCCC)OC(=O)CCCCCCCCCCCCCCCCCCC. The Balaban J connectivity index is 4.31. The zero-order chi connectivity index (χ0) is 50.0. The lowest BCUT2D eigenvalue weighted by Gasteiger charge is -2.18. The summed E-state index contributed by atoms with van der Waals surface area (Å²) in [6, 6.07) is 0. The van der Waals surface area contributed by atoms with E-state index in [0.717, 1.165) is 64.2 Å². The Labute approximate surface area is 430 Å². The molecule has 0 radical (unpaired) electrons. The van der Waals surface area contributed by atoms with Gasteiger partial charge in [-0.05, 0) is 44.9 Å². The Hall–Kier alpha value is -2.11. The average molecular weight is 972 g/mol. The monoisotopic (exact) mass is 971 g/mol. The van der Waals surface area contributed by atoms with E-state index >= 15 is 0 Å². The lowest BCUT2D eigenvalue weighted by atomic mass is 10.0. The van der Waals surface area contributed by atoms with Crippen molar-refractivity contribution in [3.05, 3.63) is 24.3 Å². The molecule has 6 nitrogen and oxygen atoms in total. The molecule has 0 aromatic heterocycles. The number of rotatable bonds is 57. The highest BCUT2D eigenvalue weighted by Gasteiger charge is 2.19. The molecule has 0 N–H and O–H groups in total. The van der Waals surface area contributed by atoms with Crippen molar-refractivity contribution in [2.45, 2.75) is 348 Å². The van der Waals surface area contributed by atoms with Crippen LogP contribution in [0.3, 0.4) is 0 Å². The second-order valence-electron chi connectivity index (χ2n) is 21.0. The van der Waals surface area contributed by atoms with E-state index < -0.39 is 6.10 Å². The second-order valence-corrected chi connectivity index (χ2v) is 21.0. The van der Waals surface area contributed by atoms with Gasteiger partial charge < -0.3 is 14.2 Å². The summed E-state index contributed by atoms with van der Waals surface area (Å²) in [6.45, 7) is 6.67. The van der Waals surface area contributed by atoms with Gasteiger partial charge in [-0.2, -0.15) is 0 Å². The van der Waals surface area contributed by atoms with Crippen LogP contribution in [-0.4, -0.2) is 37.2 Å². The summed E-state index contributed by atoms with van der Waals surface area (Å²) in [6.07, 6.45) is 68.9. The van der Waals surface area contributed by atoms with E-state index in [-0.39, 0.29) is 31.1 Å². The molecule has 0 aliphatic heterocycles. The summed E-state index contributed by atoms with van der Waals surface area (Å²) >= 11 is 0. The minimum atomic E-state index is -0.771. The molecule has 6 heteroatoms. The molecular formula is C63H118O6. The second kappa shape index (κ2) is 58.5. The molecule has 0 aromatic carbocycles. The van der Waals surface area contributed by atoms with Gasteiger partial charge in [0.25, 0.3) is 0 Å². The Bertz CT molecular complexity index is 1110. The van der Waals surface area contributed by atoms with E-state index in [1.165, 1.54) is 238 Å². The smallest absolute Gasteiger partial charge is 0.306 e. The van der Waals surface area contributed by atoms with Crippen LogP contribution >= 0.6 is 0 Å². The molecular weight excluding hydrogens is 853 g/mol. The molecule has 0 aromatic rings. The number of esters is 3. The molecule has 0 aliphatic rings. The van der Waals surface area contributed by atoms with Crippen LogP contribution in [0, 0.1) is 0 Å². The fourth-order valence-corrected chi connectivity index (χ4v) is 9.32. The van der Waals surface area contributed by atoms with Gasteiger partial charge in [-0.15, -0.1) is 0 Å². The first kappa shape index (κ1) is 66.9. The Morgan fingerprint density at radius 2 is 0.507 bits per heavy atom. The van der Waals surface area contributed by atoms with Crippen molar-refractivity contribution in [3.63, 3.8) is 0 Å². The Kier molecular flexibility index (Phi) is 56.7. The summed E-state index contributed by atoms with van der Waals surface area (Å²) in [7, 11) is 0. The van der Waals surface area contributed by atoms with Crippen molar-refractivity contribution in [2.75, 3.05) is 13.2 Å². The summed E-state index contributed by atoms with van der Waals surface area (Å²) in [5.41, 5.74) is 0. The number of hydrogen-bond donors (Lipinski definition) is 0. The highest BCUT2D eigenvalue weighted by atomic mass is 16.6. The van der Waals surface area contributed by atoms with Gasteiger partial charge in [-0.3, -0.25) is 14.4 Å². The van der Waals surface area contributed by atoms with Crippen molar-refractivity contribution in [1.82, 2.24) is 0 Å². The van der Waals surface area contributed by atoms with Crippen molar-refractivity contribution in [2.24, 2.45) is 0 Å². The molecule has 0 aliphatic carbocycles. The van der Waals surface area contributed by atoms with Gasteiger partial charge in [0.15, 0.2) is 6.10 Å². The lowest BCUT2D eigenvalue weighted by Crippen LogP contribution is -2.30. The van der Waals surface area contributed by atoms with E-state index in [1.54, 1.807) is 0 Å². The third-order valence-electron chi connectivity index (χ3n) is 14.0. The third kappa shape index (κ3) is 56.7. The minimum absolute atomic E-state index is 0.0690. The highest BCUT2D eigenvalue weighted by Crippen LogP contribution is 2.18. The van der Waals surface area contributed by atoms with E-state index in [4.69, 9.17) is 14.2 Å². The maximum Gasteiger partial charge on any atom is 0.306 e. The lowest BCUT2D eigenvalue weighted by molar-refractivity contribution is -0.167. The molecule has 0 heterocycles. The predicted octanol–water partition coefficient (Wildman–Crippen LogP) is 20.7. The fraction of sp³-hybridized carbons (Fsp3) is 0.889. The molecule has 0 fully saturated rings. The molecule has 406 valence electrons. The highest BCUT2D eigenvalue weighted by molar-refractivity contribution is 5.71. The van der Waals surface area contributed by atoms with E-state index in [0.29, 0.717) is 19.3 Å². The largest absolute Gasteiger partial charge is 0.462 e. The first-order chi connectivity index (χ1) is 34.0. The van der Waals surface area contributed by atoms with Gasteiger partial charge in [-0.25, -0.2) is 0 Å². The summed E-state index contributed by atoms with van der Waals surface area (Å²) in [5, 5.41) is 0. The van der Waals surface area contributed by atoms with Crippen LogP contribution in [-0.2, 0) is 28.6 Å². The molecule has 0 saturated heterocycles. The molecule has 0 rings (SSSR count). The number of unbranched alkanes of at least 4 members (excludes halogenated alkanes) is 43. The van der Waals surface area contributed by atoms with Crippen LogP contribution in [0.2, 0.25) is 0 Å². The zero-order valence-corrected chi connectivity index (χ0v) is 46.6. The topological polar surface area (TPSA) is 78.9 Å². The normalized spacial score (nSPS) is 12.1. The van der Waals surface area contributed by atoms with Crippen LogP contribution in [0.15, 0.2) is 24.3 Å². The van der Waals surface area contributed by atoms with Crippen LogP contribution in [0.1, 0.15) is 342 Å². The van der Waals surface area contributed by atoms with Gasteiger partial charge >= 0.3 is 17.9 Å². The van der Waals surface area contributed by atoms with Crippen molar-refractivity contribution < 1.29 is 28.6 Å². The van der Waals surface area contributed by atoms with Gasteiger partial charge in [0, 0.05) is 19.3 Å². The molecule has 1 unspecified atom stereocenters. The van der Waals surface area contributed by atoms with Crippen molar-refractivity contribution in [3.8, 4) is 0 Å². The molecule has 0 amide bonds. The Morgan fingerprint density at radius 1 is 0.290 bits per heavy atom. The Morgan fingerprint density at radius 3 is 0.797 bits per heavy atom. The number of hydrogen-bond acceptors (Lipinski definition) is 6. The summed E-state index contributed by atoms with van der Waals surface area (Å²) in [5.74, 6) is -0.855. The van der Waals surface area contributed by atoms with Gasteiger partial charge in [0.1, 0.15) is 13.2 Å². The van der Waals surface area contributed by atoms with E-state index in [1.807, 2.05) is 0 Å². The number of carbonyl (C=O) groups is 3. The maximum atomic E-state index is 12.9. The van der Waals surface area contributed by atoms with E-state index in [9.17, 15) is 14.4 Å². The van der Waals surface area contributed by atoms with Crippen LogP contribution < -0.4 is 0 Å². The predicted molar refractivity (Wildman–Crippen MR) is 298 cm³/mol. The number of ether oxygens (including phenoxy) is 3. The van der Waals surface area contributed by atoms with Gasteiger partial charge in [0.05, 0.1) is 0 Å². The van der Waals surface area contributed by atoms with E-state index in [2.05, 4.69) is 45.1 Å². The van der Waals surface area contributed by atoms with Gasteiger partial charge in [-0.1, -0.05) is 302 Å². The van der Waals surface area contributed by atoms with Crippen LogP contribution in [0.25, 0.3) is 0 Å². The minimum Gasteiger partial charge on any atom is -0.462 e. The van der Waals surface area contributed by atoms with Crippen LogP contribution in [0.4, 0.5) is 0 Å². The molecule has 0 spiro atoms. The van der Waals surface area contributed by atoms with Crippen LogP contribution in [0.5, 0.6) is 0 Å². The quantitative estimate of drug-likeness (QED) is 0.0261. The zero-order valence-electron chi connectivity index (χ0n) is 46.6.